The lowest BCUT2D eigenvalue weighted by molar-refractivity contribution is 0.0797. The average Bonchev–Trinajstić information content (AvgIpc) is 2.29. The molecule has 0 saturated heterocycles. The van der Waals surface area contributed by atoms with Crippen LogP contribution < -0.4 is 0 Å². The Hall–Kier alpha value is -0.630. The van der Waals surface area contributed by atoms with E-state index in [0.717, 1.165) is 46.1 Å². The van der Waals surface area contributed by atoms with E-state index in [1.807, 2.05) is 20.8 Å². The molecule has 0 aliphatic heterocycles. The third kappa shape index (κ3) is 8.66. The third-order valence-electron chi connectivity index (χ3n) is 2.26. The smallest absolute Gasteiger partial charge is 0.0666 e. The van der Waals surface area contributed by atoms with Crippen molar-refractivity contribution in [2.75, 3.05) is 46.1 Å². The molecule has 0 spiro atoms. The molecule has 4 heteroatoms. The van der Waals surface area contributed by atoms with Crippen molar-refractivity contribution in [2.24, 2.45) is 5.92 Å². The Labute approximate surface area is 99.1 Å². The predicted molar refractivity (Wildman–Crippen MR) is 64.2 cm³/mol. The van der Waals surface area contributed by atoms with Crippen LogP contribution in [0.3, 0.4) is 0 Å². The van der Waals surface area contributed by atoms with Gasteiger partial charge in [-0.05, 0) is 20.8 Å². The van der Waals surface area contributed by atoms with Crippen molar-refractivity contribution in [3.05, 3.63) is 0 Å². The summed E-state index contributed by atoms with van der Waals surface area (Å²) in [5.74, 6) is 0.0586. The summed E-state index contributed by atoms with van der Waals surface area (Å²) in [6.45, 7) is 11.4. The number of rotatable bonds is 10. The van der Waals surface area contributed by atoms with Gasteiger partial charge >= 0.3 is 0 Å². The summed E-state index contributed by atoms with van der Waals surface area (Å²) in [5, 5.41) is 8.79. The molecule has 0 radical (unpaired) electrons. The highest BCUT2D eigenvalue weighted by Crippen LogP contribution is 1.98. The third-order valence-corrected chi connectivity index (χ3v) is 2.26. The topological polar surface area (TPSA) is 45.5 Å². The van der Waals surface area contributed by atoms with E-state index in [1.165, 1.54) is 0 Å². The van der Waals surface area contributed by atoms with Crippen molar-refractivity contribution in [1.82, 2.24) is 4.90 Å². The fraction of sp³-hybridized carbons (Fsp3) is 0.917. The van der Waals surface area contributed by atoms with Crippen molar-refractivity contribution in [3.8, 4) is 6.07 Å². The molecule has 0 bridgehead atoms. The molecule has 0 N–H and O–H groups in total. The maximum absolute atomic E-state index is 8.79. The maximum Gasteiger partial charge on any atom is 0.0666 e. The van der Waals surface area contributed by atoms with Gasteiger partial charge < -0.3 is 9.47 Å². The van der Waals surface area contributed by atoms with Crippen LogP contribution in [-0.2, 0) is 9.47 Å². The fourth-order valence-corrected chi connectivity index (χ4v) is 1.40. The first-order valence-corrected chi connectivity index (χ1v) is 6.02. The first-order chi connectivity index (χ1) is 7.74. The van der Waals surface area contributed by atoms with Gasteiger partial charge in [-0.25, -0.2) is 0 Å². The highest BCUT2D eigenvalue weighted by atomic mass is 16.5. The lowest BCUT2D eigenvalue weighted by Crippen LogP contribution is -2.34. The van der Waals surface area contributed by atoms with Gasteiger partial charge in [0, 0.05) is 32.8 Å². The minimum absolute atomic E-state index is 0.0586. The van der Waals surface area contributed by atoms with E-state index in [0.29, 0.717) is 0 Å². The van der Waals surface area contributed by atoms with Crippen molar-refractivity contribution in [2.45, 2.75) is 20.8 Å². The second kappa shape index (κ2) is 10.9. The molecular formula is C12H24N2O2. The summed E-state index contributed by atoms with van der Waals surface area (Å²) in [6.07, 6.45) is 0. The zero-order valence-corrected chi connectivity index (χ0v) is 10.7. The van der Waals surface area contributed by atoms with Crippen LogP contribution in [0.4, 0.5) is 0 Å². The fourth-order valence-electron chi connectivity index (χ4n) is 1.40. The Kier molecular flexibility index (Phi) is 10.4. The van der Waals surface area contributed by atoms with E-state index >= 15 is 0 Å². The molecule has 0 heterocycles. The van der Waals surface area contributed by atoms with Crippen LogP contribution in [0, 0.1) is 17.2 Å². The summed E-state index contributed by atoms with van der Waals surface area (Å²) in [6, 6.07) is 2.25. The van der Waals surface area contributed by atoms with Crippen molar-refractivity contribution in [3.63, 3.8) is 0 Å². The molecule has 0 aromatic carbocycles. The first kappa shape index (κ1) is 15.4. The Bertz CT molecular complexity index is 182. The number of nitrogens with zero attached hydrogens (tertiary/aromatic N) is 2. The van der Waals surface area contributed by atoms with Crippen molar-refractivity contribution < 1.29 is 9.47 Å². The van der Waals surface area contributed by atoms with Gasteiger partial charge in [-0.2, -0.15) is 5.26 Å². The zero-order valence-electron chi connectivity index (χ0n) is 10.7. The standard InChI is InChI=1S/C12H24N2O2/c1-4-15-8-6-14(7-9-16-5-2)11-12(3)10-13/h12H,4-9,11H2,1-3H3. The Morgan fingerprint density at radius 1 is 1.12 bits per heavy atom. The van der Waals surface area contributed by atoms with E-state index in [4.69, 9.17) is 14.7 Å². The number of hydrogen-bond acceptors (Lipinski definition) is 4. The van der Waals surface area contributed by atoms with E-state index < -0.39 is 0 Å². The van der Waals surface area contributed by atoms with Gasteiger partial charge in [0.1, 0.15) is 0 Å². The highest BCUT2D eigenvalue weighted by molar-refractivity contribution is 4.81. The van der Waals surface area contributed by atoms with Gasteiger partial charge in [0.25, 0.3) is 0 Å². The van der Waals surface area contributed by atoms with Crippen LogP contribution in [-0.4, -0.2) is 51.0 Å². The zero-order chi connectivity index (χ0) is 12.2. The molecule has 94 valence electrons. The SMILES string of the molecule is CCOCCN(CCOCC)CC(C)C#N. The van der Waals surface area contributed by atoms with E-state index in [1.54, 1.807) is 0 Å². The lowest BCUT2D eigenvalue weighted by Gasteiger charge is -2.22. The van der Waals surface area contributed by atoms with Gasteiger partial charge in [0.05, 0.1) is 25.2 Å². The second-order valence-corrected chi connectivity index (χ2v) is 3.72. The van der Waals surface area contributed by atoms with E-state index in [-0.39, 0.29) is 5.92 Å². The summed E-state index contributed by atoms with van der Waals surface area (Å²) < 4.78 is 10.6. The summed E-state index contributed by atoms with van der Waals surface area (Å²) in [4.78, 5) is 2.22. The van der Waals surface area contributed by atoms with Crippen LogP contribution in [0.25, 0.3) is 0 Å². The largest absolute Gasteiger partial charge is 0.380 e. The molecule has 0 amide bonds. The molecule has 1 atom stereocenters. The molecule has 4 nitrogen and oxygen atoms in total. The van der Waals surface area contributed by atoms with Gasteiger partial charge in [0.2, 0.25) is 0 Å². The quantitative estimate of drug-likeness (QED) is 0.532. The molecule has 0 saturated carbocycles. The molecule has 16 heavy (non-hydrogen) atoms. The molecule has 0 aliphatic rings. The maximum atomic E-state index is 8.79. The average molecular weight is 228 g/mol. The predicted octanol–water partition coefficient (Wildman–Crippen LogP) is 1.52. The molecule has 0 aromatic heterocycles. The van der Waals surface area contributed by atoms with Gasteiger partial charge in [-0.3, -0.25) is 4.90 Å². The van der Waals surface area contributed by atoms with E-state index in [9.17, 15) is 0 Å². The summed E-state index contributed by atoms with van der Waals surface area (Å²) >= 11 is 0. The van der Waals surface area contributed by atoms with Gasteiger partial charge in [-0.15, -0.1) is 0 Å². The molecule has 1 unspecified atom stereocenters. The minimum atomic E-state index is 0.0586. The Balaban J connectivity index is 3.81. The van der Waals surface area contributed by atoms with Gasteiger partial charge in [0.15, 0.2) is 0 Å². The van der Waals surface area contributed by atoms with Crippen molar-refractivity contribution in [1.29, 1.82) is 5.26 Å². The molecular weight excluding hydrogens is 204 g/mol. The Morgan fingerprint density at radius 2 is 1.62 bits per heavy atom. The van der Waals surface area contributed by atoms with Crippen LogP contribution in [0.5, 0.6) is 0 Å². The monoisotopic (exact) mass is 228 g/mol. The molecule has 0 fully saturated rings. The Morgan fingerprint density at radius 3 is 2.00 bits per heavy atom. The molecule has 0 rings (SSSR count). The lowest BCUT2D eigenvalue weighted by atomic mass is 10.2. The number of hydrogen-bond donors (Lipinski definition) is 0. The normalized spacial score (nSPS) is 12.7. The van der Waals surface area contributed by atoms with Crippen LogP contribution in [0.1, 0.15) is 20.8 Å². The molecule has 0 aromatic rings. The second-order valence-electron chi connectivity index (χ2n) is 3.72. The van der Waals surface area contributed by atoms with E-state index in [2.05, 4.69) is 11.0 Å². The van der Waals surface area contributed by atoms with Crippen LogP contribution in [0.2, 0.25) is 0 Å². The molecule has 0 aliphatic carbocycles. The highest BCUT2D eigenvalue weighted by Gasteiger charge is 2.09. The summed E-state index contributed by atoms with van der Waals surface area (Å²) in [7, 11) is 0. The van der Waals surface area contributed by atoms with Crippen molar-refractivity contribution >= 4 is 0 Å². The summed E-state index contributed by atoms with van der Waals surface area (Å²) in [5.41, 5.74) is 0. The van der Waals surface area contributed by atoms with Crippen LogP contribution >= 0.6 is 0 Å². The number of nitriles is 1. The first-order valence-electron chi connectivity index (χ1n) is 6.02. The number of ether oxygens (including phenoxy) is 2. The van der Waals surface area contributed by atoms with Gasteiger partial charge in [-0.1, -0.05) is 0 Å². The van der Waals surface area contributed by atoms with Crippen LogP contribution in [0.15, 0.2) is 0 Å². The minimum Gasteiger partial charge on any atom is -0.380 e.